The van der Waals surface area contributed by atoms with E-state index in [1.807, 2.05) is 42.5 Å². The lowest BCUT2D eigenvalue weighted by Gasteiger charge is -2.06. The van der Waals surface area contributed by atoms with Gasteiger partial charge in [0.25, 0.3) is 5.56 Å². The zero-order valence-corrected chi connectivity index (χ0v) is 14.4. The zero-order valence-electron chi connectivity index (χ0n) is 13.6. The minimum atomic E-state index is -0.0721. The Balaban J connectivity index is 1.58. The van der Waals surface area contributed by atoms with E-state index in [9.17, 15) is 4.79 Å². The van der Waals surface area contributed by atoms with Crippen LogP contribution >= 0.6 is 11.5 Å². The number of anilines is 1. The summed E-state index contributed by atoms with van der Waals surface area (Å²) in [6, 6.07) is 15.7. The van der Waals surface area contributed by atoms with Crippen molar-refractivity contribution >= 4 is 27.4 Å². The van der Waals surface area contributed by atoms with Crippen LogP contribution in [0.1, 0.15) is 11.1 Å². The molecule has 2 aromatic heterocycles. The van der Waals surface area contributed by atoms with Gasteiger partial charge in [0.05, 0.1) is 0 Å². The van der Waals surface area contributed by atoms with Gasteiger partial charge in [-0.05, 0) is 29.5 Å². The van der Waals surface area contributed by atoms with E-state index >= 15 is 0 Å². The van der Waals surface area contributed by atoms with Crippen LogP contribution in [0.2, 0.25) is 0 Å². The van der Waals surface area contributed by atoms with Crippen molar-refractivity contribution in [3.63, 3.8) is 0 Å². The molecule has 0 saturated carbocycles. The fourth-order valence-corrected chi connectivity index (χ4v) is 3.39. The predicted molar refractivity (Wildman–Crippen MR) is 102 cm³/mol. The first-order valence-corrected chi connectivity index (χ1v) is 8.72. The number of aromatic amines is 1. The van der Waals surface area contributed by atoms with E-state index in [1.54, 1.807) is 6.20 Å². The Hall–Kier alpha value is -2.99. The Morgan fingerprint density at radius 3 is 2.68 bits per heavy atom. The van der Waals surface area contributed by atoms with E-state index in [-0.39, 0.29) is 5.56 Å². The Morgan fingerprint density at radius 1 is 1.08 bits per heavy atom. The van der Waals surface area contributed by atoms with Crippen LogP contribution < -0.4 is 10.9 Å². The Kier molecular flexibility index (Phi) is 4.03. The monoisotopic (exact) mass is 348 g/mol. The van der Waals surface area contributed by atoms with Gasteiger partial charge in [0.15, 0.2) is 5.82 Å². The third-order valence-electron chi connectivity index (χ3n) is 4.14. The van der Waals surface area contributed by atoms with Crippen molar-refractivity contribution in [3.8, 4) is 11.4 Å². The van der Waals surface area contributed by atoms with Gasteiger partial charge in [-0.2, -0.15) is 9.36 Å². The molecule has 124 valence electrons. The summed E-state index contributed by atoms with van der Waals surface area (Å²) in [5.74, 6) is 0.733. The summed E-state index contributed by atoms with van der Waals surface area (Å²) in [5, 5.41) is 5.70. The molecule has 0 saturated heterocycles. The molecule has 0 radical (unpaired) electrons. The first kappa shape index (κ1) is 15.5. The van der Waals surface area contributed by atoms with Gasteiger partial charge in [0, 0.05) is 35.2 Å². The number of nitrogens with zero attached hydrogens (tertiary/aromatic N) is 2. The molecule has 0 bridgehead atoms. The molecule has 4 rings (SSSR count). The van der Waals surface area contributed by atoms with E-state index in [0.717, 1.165) is 33.0 Å². The SMILES string of the molecule is Cc1ccccc1-c1nsc(NCc2c[nH]c(=O)c3ccccc23)n1. The summed E-state index contributed by atoms with van der Waals surface area (Å²) in [7, 11) is 0. The number of pyridine rings is 1. The number of H-pyrrole nitrogens is 1. The van der Waals surface area contributed by atoms with E-state index in [4.69, 9.17) is 0 Å². The molecule has 0 aliphatic rings. The highest BCUT2D eigenvalue weighted by Crippen LogP contribution is 2.24. The third-order valence-corrected chi connectivity index (χ3v) is 4.81. The molecule has 5 nitrogen and oxygen atoms in total. The predicted octanol–water partition coefficient (Wildman–Crippen LogP) is 3.97. The van der Waals surface area contributed by atoms with Crippen LogP contribution in [0.5, 0.6) is 0 Å². The number of aromatic nitrogens is 3. The number of rotatable bonds is 4. The number of fused-ring (bicyclic) bond motifs is 1. The summed E-state index contributed by atoms with van der Waals surface area (Å²) in [6.07, 6.45) is 1.75. The van der Waals surface area contributed by atoms with E-state index in [1.165, 1.54) is 11.5 Å². The molecule has 0 spiro atoms. The number of aryl methyl sites for hydroxylation is 1. The standard InChI is InChI=1S/C19H16N4OS/c1-12-6-2-3-7-14(12)17-22-19(25-23-17)21-11-13-10-20-18(24)16-9-5-4-8-15(13)16/h2-10H,11H2,1H3,(H,20,24)(H,21,22,23). The third kappa shape index (κ3) is 3.04. The normalized spacial score (nSPS) is 10.9. The van der Waals surface area contributed by atoms with E-state index < -0.39 is 0 Å². The summed E-state index contributed by atoms with van der Waals surface area (Å²) < 4.78 is 4.45. The van der Waals surface area contributed by atoms with Crippen molar-refractivity contribution in [2.75, 3.05) is 5.32 Å². The topological polar surface area (TPSA) is 70.7 Å². The second kappa shape index (κ2) is 6.49. The fourth-order valence-electron chi connectivity index (χ4n) is 2.81. The lowest BCUT2D eigenvalue weighted by atomic mass is 10.1. The highest BCUT2D eigenvalue weighted by Gasteiger charge is 2.09. The van der Waals surface area contributed by atoms with Crippen LogP contribution in [0, 0.1) is 6.92 Å². The number of hydrogen-bond acceptors (Lipinski definition) is 5. The second-order valence-corrected chi connectivity index (χ2v) is 6.53. The average molecular weight is 348 g/mol. The minimum absolute atomic E-state index is 0.0721. The molecule has 0 amide bonds. The van der Waals surface area contributed by atoms with Crippen LogP contribution in [0.15, 0.2) is 59.5 Å². The molecule has 0 unspecified atom stereocenters. The van der Waals surface area contributed by atoms with Gasteiger partial charge in [-0.15, -0.1) is 0 Å². The smallest absolute Gasteiger partial charge is 0.255 e. The molecular weight excluding hydrogens is 332 g/mol. The highest BCUT2D eigenvalue weighted by atomic mass is 32.1. The van der Waals surface area contributed by atoms with Crippen molar-refractivity contribution in [1.29, 1.82) is 0 Å². The highest BCUT2D eigenvalue weighted by molar-refractivity contribution is 7.09. The molecule has 0 atom stereocenters. The average Bonchev–Trinajstić information content (AvgIpc) is 3.11. The lowest BCUT2D eigenvalue weighted by molar-refractivity contribution is 1.11. The Labute approximate surface area is 148 Å². The van der Waals surface area contributed by atoms with Crippen molar-refractivity contribution in [3.05, 3.63) is 76.2 Å². The molecule has 0 aliphatic heterocycles. The molecule has 2 aromatic carbocycles. The summed E-state index contributed by atoms with van der Waals surface area (Å²) in [5.41, 5.74) is 3.14. The van der Waals surface area contributed by atoms with Crippen LogP contribution in [0.3, 0.4) is 0 Å². The quantitative estimate of drug-likeness (QED) is 0.585. The van der Waals surface area contributed by atoms with Crippen molar-refractivity contribution < 1.29 is 0 Å². The van der Waals surface area contributed by atoms with Crippen LogP contribution in [-0.2, 0) is 6.54 Å². The summed E-state index contributed by atoms with van der Waals surface area (Å²) in [4.78, 5) is 19.3. The van der Waals surface area contributed by atoms with Gasteiger partial charge >= 0.3 is 0 Å². The van der Waals surface area contributed by atoms with Crippen molar-refractivity contribution in [1.82, 2.24) is 14.3 Å². The van der Waals surface area contributed by atoms with Gasteiger partial charge in [0.2, 0.25) is 5.13 Å². The molecule has 0 fully saturated rings. The minimum Gasteiger partial charge on any atom is -0.356 e. The maximum Gasteiger partial charge on any atom is 0.255 e. The summed E-state index contributed by atoms with van der Waals surface area (Å²) in [6.45, 7) is 2.62. The molecular formula is C19H16N4OS. The van der Waals surface area contributed by atoms with Crippen molar-refractivity contribution in [2.45, 2.75) is 13.5 Å². The van der Waals surface area contributed by atoms with Gasteiger partial charge in [-0.25, -0.2) is 0 Å². The molecule has 4 aromatic rings. The van der Waals surface area contributed by atoms with Crippen LogP contribution in [-0.4, -0.2) is 14.3 Å². The van der Waals surface area contributed by atoms with Gasteiger partial charge in [0.1, 0.15) is 0 Å². The molecule has 6 heteroatoms. The van der Waals surface area contributed by atoms with Gasteiger partial charge in [-0.1, -0.05) is 42.5 Å². The van der Waals surface area contributed by atoms with E-state index in [0.29, 0.717) is 11.9 Å². The molecule has 0 aliphatic carbocycles. The van der Waals surface area contributed by atoms with Crippen molar-refractivity contribution in [2.24, 2.45) is 0 Å². The second-order valence-electron chi connectivity index (χ2n) is 5.78. The lowest BCUT2D eigenvalue weighted by Crippen LogP contribution is -2.09. The summed E-state index contributed by atoms with van der Waals surface area (Å²) >= 11 is 1.34. The first-order valence-electron chi connectivity index (χ1n) is 7.95. The number of hydrogen-bond donors (Lipinski definition) is 2. The van der Waals surface area contributed by atoms with Gasteiger partial charge in [-0.3, -0.25) is 4.79 Å². The molecule has 2 heterocycles. The Morgan fingerprint density at radius 2 is 1.84 bits per heavy atom. The number of nitrogens with one attached hydrogen (secondary N) is 2. The van der Waals surface area contributed by atoms with Gasteiger partial charge < -0.3 is 10.3 Å². The largest absolute Gasteiger partial charge is 0.356 e. The van der Waals surface area contributed by atoms with Crippen LogP contribution in [0.4, 0.5) is 5.13 Å². The first-order chi connectivity index (χ1) is 12.2. The maximum atomic E-state index is 11.9. The molecule has 25 heavy (non-hydrogen) atoms. The maximum absolute atomic E-state index is 11.9. The zero-order chi connectivity index (χ0) is 17.2. The fraction of sp³-hybridized carbons (Fsp3) is 0.105. The number of benzene rings is 2. The molecule has 2 N–H and O–H groups in total. The van der Waals surface area contributed by atoms with E-state index in [2.05, 4.69) is 32.6 Å². The Bertz CT molecular complexity index is 1100. The van der Waals surface area contributed by atoms with Crippen LogP contribution in [0.25, 0.3) is 22.2 Å².